The molecule has 0 heterocycles. The highest BCUT2D eigenvalue weighted by Crippen LogP contribution is 2.33. The molecule has 5 heteroatoms. The number of aliphatic hydroxyl groups excluding tert-OH is 2. The number of rotatable bonds is 5. The maximum atomic E-state index is 13.6. The van der Waals surface area contributed by atoms with E-state index in [2.05, 4.69) is 0 Å². The molecular formula is C16H15Cl2FO2. The van der Waals surface area contributed by atoms with E-state index in [1.165, 1.54) is 12.1 Å². The van der Waals surface area contributed by atoms with Gasteiger partial charge in [-0.1, -0.05) is 47.5 Å². The Balaban J connectivity index is 2.43. The summed E-state index contributed by atoms with van der Waals surface area (Å²) in [6, 6.07) is 11.4. The van der Waals surface area contributed by atoms with Crippen molar-refractivity contribution in [1.29, 1.82) is 0 Å². The van der Waals surface area contributed by atoms with Gasteiger partial charge in [0.05, 0.1) is 18.2 Å². The van der Waals surface area contributed by atoms with Crippen molar-refractivity contribution >= 4 is 23.2 Å². The van der Waals surface area contributed by atoms with Crippen LogP contribution in [0.4, 0.5) is 4.39 Å². The lowest BCUT2D eigenvalue weighted by Crippen LogP contribution is -2.37. The summed E-state index contributed by atoms with van der Waals surface area (Å²) in [4.78, 5) is 0. The van der Waals surface area contributed by atoms with Gasteiger partial charge < -0.3 is 10.2 Å². The van der Waals surface area contributed by atoms with Crippen molar-refractivity contribution in [2.75, 3.05) is 13.2 Å². The maximum absolute atomic E-state index is 13.6. The van der Waals surface area contributed by atoms with Crippen LogP contribution in [0.3, 0.4) is 0 Å². The molecule has 0 fully saturated rings. The van der Waals surface area contributed by atoms with Crippen molar-refractivity contribution in [2.45, 2.75) is 11.8 Å². The molecule has 0 aliphatic heterocycles. The zero-order chi connectivity index (χ0) is 15.5. The fourth-order valence-electron chi connectivity index (χ4n) is 2.36. The predicted octanol–water partition coefficient (Wildman–Crippen LogP) is 3.60. The molecule has 112 valence electrons. The van der Waals surface area contributed by atoms with Crippen LogP contribution in [0.15, 0.2) is 42.5 Å². The standard InChI is InChI=1S/C16H15Cl2FO2/c17-13-4-2-1-3-12(13)16(9-20,10-21)8-11-5-6-14(18)15(19)7-11/h1-7,20-21H,8-10H2. The number of hydrogen-bond donors (Lipinski definition) is 2. The Morgan fingerprint density at radius 3 is 2.19 bits per heavy atom. The summed E-state index contributed by atoms with van der Waals surface area (Å²) in [6.07, 6.45) is 0.248. The van der Waals surface area contributed by atoms with Gasteiger partial charge in [-0.15, -0.1) is 0 Å². The number of hydrogen-bond acceptors (Lipinski definition) is 2. The molecular weight excluding hydrogens is 314 g/mol. The molecule has 0 bridgehead atoms. The number of aliphatic hydroxyl groups is 2. The first-order valence-electron chi connectivity index (χ1n) is 6.43. The molecule has 0 saturated heterocycles. The molecule has 21 heavy (non-hydrogen) atoms. The average molecular weight is 329 g/mol. The second kappa shape index (κ2) is 6.75. The van der Waals surface area contributed by atoms with Gasteiger partial charge in [-0.2, -0.15) is 0 Å². The highest BCUT2D eigenvalue weighted by molar-refractivity contribution is 6.31. The van der Waals surface area contributed by atoms with Gasteiger partial charge in [0.25, 0.3) is 0 Å². The van der Waals surface area contributed by atoms with Gasteiger partial charge in [-0.05, 0) is 35.7 Å². The van der Waals surface area contributed by atoms with E-state index in [9.17, 15) is 14.6 Å². The van der Waals surface area contributed by atoms with Crippen LogP contribution in [-0.2, 0) is 11.8 Å². The number of benzene rings is 2. The fraction of sp³-hybridized carbons (Fsp3) is 0.250. The van der Waals surface area contributed by atoms with E-state index in [0.29, 0.717) is 16.1 Å². The second-order valence-corrected chi connectivity index (χ2v) is 5.82. The van der Waals surface area contributed by atoms with Gasteiger partial charge >= 0.3 is 0 Å². The SMILES string of the molecule is OCC(CO)(Cc1ccc(Cl)c(F)c1)c1ccccc1Cl. The van der Waals surface area contributed by atoms with Crippen LogP contribution in [-0.4, -0.2) is 23.4 Å². The molecule has 0 aliphatic carbocycles. The zero-order valence-electron chi connectivity index (χ0n) is 11.2. The minimum atomic E-state index is -0.974. The Bertz CT molecular complexity index is 627. The maximum Gasteiger partial charge on any atom is 0.142 e. The van der Waals surface area contributed by atoms with E-state index in [1.807, 2.05) is 0 Å². The predicted molar refractivity (Wildman–Crippen MR) is 82.4 cm³/mol. The molecule has 2 nitrogen and oxygen atoms in total. The van der Waals surface area contributed by atoms with Gasteiger partial charge in [0.15, 0.2) is 0 Å². The Morgan fingerprint density at radius 1 is 0.952 bits per heavy atom. The topological polar surface area (TPSA) is 40.5 Å². The highest BCUT2D eigenvalue weighted by Gasteiger charge is 2.33. The molecule has 0 amide bonds. The first-order chi connectivity index (χ1) is 10.0. The van der Waals surface area contributed by atoms with Crippen molar-refractivity contribution in [3.05, 3.63) is 69.5 Å². The third kappa shape index (κ3) is 3.38. The fourth-order valence-corrected chi connectivity index (χ4v) is 2.81. The highest BCUT2D eigenvalue weighted by atomic mass is 35.5. The van der Waals surface area contributed by atoms with Crippen LogP contribution >= 0.6 is 23.2 Å². The van der Waals surface area contributed by atoms with E-state index < -0.39 is 11.2 Å². The molecule has 2 aromatic carbocycles. The van der Waals surface area contributed by atoms with Crippen molar-refractivity contribution in [3.8, 4) is 0 Å². The van der Waals surface area contributed by atoms with Crippen molar-refractivity contribution < 1.29 is 14.6 Å². The molecule has 0 radical (unpaired) electrons. The van der Waals surface area contributed by atoms with E-state index in [0.717, 1.165) is 0 Å². The van der Waals surface area contributed by atoms with Crippen LogP contribution in [0.25, 0.3) is 0 Å². The molecule has 2 rings (SSSR count). The van der Waals surface area contributed by atoms with Crippen LogP contribution in [0, 0.1) is 5.82 Å². The first kappa shape index (κ1) is 16.2. The van der Waals surface area contributed by atoms with Crippen LogP contribution in [0.5, 0.6) is 0 Å². The smallest absolute Gasteiger partial charge is 0.142 e. The Kier molecular flexibility index (Phi) is 5.22. The normalized spacial score (nSPS) is 11.7. The Labute approximate surface area is 132 Å². The average Bonchev–Trinajstić information content (AvgIpc) is 2.49. The second-order valence-electron chi connectivity index (χ2n) is 5.00. The minimum absolute atomic E-state index is 0.0371. The molecule has 0 atom stereocenters. The van der Waals surface area contributed by atoms with Gasteiger partial charge in [-0.25, -0.2) is 4.39 Å². The summed E-state index contributed by atoms with van der Waals surface area (Å²) < 4.78 is 13.6. The minimum Gasteiger partial charge on any atom is -0.395 e. The van der Waals surface area contributed by atoms with Gasteiger partial charge in [0.2, 0.25) is 0 Å². The lowest BCUT2D eigenvalue weighted by atomic mass is 9.77. The van der Waals surface area contributed by atoms with E-state index in [-0.39, 0.29) is 24.7 Å². The summed E-state index contributed by atoms with van der Waals surface area (Å²) >= 11 is 11.8. The van der Waals surface area contributed by atoms with Gasteiger partial charge in [0.1, 0.15) is 5.82 Å². The van der Waals surface area contributed by atoms with Crippen LogP contribution in [0.1, 0.15) is 11.1 Å². The molecule has 2 aromatic rings. The van der Waals surface area contributed by atoms with E-state index in [1.54, 1.807) is 30.3 Å². The molecule has 2 N–H and O–H groups in total. The monoisotopic (exact) mass is 328 g/mol. The summed E-state index contributed by atoms with van der Waals surface area (Å²) in [5.74, 6) is -0.530. The first-order valence-corrected chi connectivity index (χ1v) is 7.18. The zero-order valence-corrected chi connectivity index (χ0v) is 12.7. The van der Waals surface area contributed by atoms with Crippen molar-refractivity contribution in [1.82, 2.24) is 0 Å². The Hall–Kier alpha value is -1.13. The summed E-state index contributed by atoms with van der Waals surface area (Å²) in [6.45, 7) is -0.616. The van der Waals surface area contributed by atoms with E-state index >= 15 is 0 Å². The van der Waals surface area contributed by atoms with Gasteiger partial charge in [-0.3, -0.25) is 0 Å². The molecule has 0 saturated carbocycles. The largest absolute Gasteiger partial charge is 0.395 e. The third-order valence-corrected chi connectivity index (χ3v) is 4.21. The van der Waals surface area contributed by atoms with Gasteiger partial charge in [0, 0.05) is 10.4 Å². The Morgan fingerprint density at radius 2 is 1.62 bits per heavy atom. The molecule has 0 aromatic heterocycles. The third-order valence-electron chi connectivity index (χ3n) is 3.58. The quantitative estimate of drug-likeness (QED) is 0.880. The van der Waals surface area contributed by atoms with Crippen molar-refractivity contribution in [2.24, 2.45) is 0 Å². The lowest BCUT2D eigenvalue weighted by Gasteiger charge is -2.31. The summed E-state index contributed by atoms with van der Waals surface area (Å²) in [5.41, 5.74) is 0.283. The van der Waals surface area contributed by atoms with E-state index in [4.69, 9.17) is 23.2 Å². The van der Waals surface area contributed by atoms with Crippen LogP contribution in [0.2, 0.25) is 10.0 Å². The van der Waals surface area contributed by atoms with Crippen molar-refractivity contribution in [3.63, 3.8) is 0 Å². The van der Waals surface area contributed by atoms with Crippen LogP contribution < -0.4 is 0 Å². The molecule has 0 spiro atoms. The number of halogens is 3. The lowest BCUT2D eigenvalue weighted by molar-refractivity contribution is 0.116. The summed E-state index contributed by atoms with van der Waals surface area (Å²) in [5, 5.41) is 20.1. The molecule has 0 unspecified atom stereocenters. The molecule has 0 aliphatic rings. The summed E-state index contributed by atoms with van der Waals surface area (Å²) in [7, 11) is 0.